The lowest BCUT2D eigenvalue weighted by molar-refractivity contribution is 0.511. The molecule has 22 heavy (non-hydrogen) atoms. The van der Waals surface area contributed by atoms with E-state index in [1.54, 1.807) is 6.20 Å². The number of imidazole rings is 1. The maximum Gasteiger partial charge on any atom is 0.184 e. The fraction of sp³-hybridized carbons (Fsp3) is 0.312. The highest BCUT2D eigenvalue weighted by molar-refractivity contribution is 5.82. The lowest BCUT2D eigenvalue weighted by Gasteiger charge is -2.10. The van der Waals surface area contributed by atoms with Gasteiger partial charge in [0.1, 0.15) is 17.7 Å². The summed E-state index contributed by atoms with van der Waals surface area (Å²) >= 11 is 0. The van der Waals surface area contributed by atoms with Crippen molar-refractivity contribution >= 4 is 11.0 Å². The molecule has 0 atom stereocenters. The standard InChI is InChI=1S/C16H14F2N4/c1-2-12-10(7-19-8-20-12)16-21-13-6-5-11(17)14(18)15(13)22(16)9-3-4-9/h5-9H,2-4H2,1H3. The number of benzene rings is 1. The molecule has 4 rings (SSSR count). The first-order valence-corrected chi connectivity index (χ1v) is 7.36. The molecule has 112 valence electrons. The van der Waals surface area contributed by atoms with Crippen molar-refractivity contribution in [3.63, 3.8) is 0 Å². The third kappa shape index (κ3) is 1.90. The van der Waals surface area contributed by atoms with Crippen molar-refractivity contribution < 1.29 is 8.78 Å². The second-order valence-corrected chi connectivity index (χ2v) is 5.50. The molecule has 1 aliphatic carbocycles. The van der Waals surface area contributed by atoms with Crippen LogP contribution in [0.15, 0.2) is 24.7 Å². The van der Waals surface area contributed by atoms with E-state index < -0.39 is 11.6 Å². The molecule has 0 amide bonds. The number of aryl methyl sites for hydroxylation is 1. The topological polar surface area (TPSA) is 43.6 Å². The van der Waals surface area contributed by atoms with Crippen LogP contribution >= 0.6 is 0 Å². The van der Waals surface area contributed by atoms with Crippen molar-refractivity contribution in [3.8, 4) is 11.4 Å². The van der Waals surface area contributed by atoms with Gasteiger partial charge in [-0.05, 0) is 31.4 Å². The smallest absolute Gasteiger partial charge is 0.184 e. The highest BCUT2D eigenvalue weighted by Gasteiger charge is 2.31. The molecule has 0 bridgehead atoms. The molecule has 3 aromatic rings. The number of fused-ring (bicyclic) bond motifs is 1. The van der Waals surface area contributed by atoms with E-state index in [1.807, 2.05) is 11.5 Å². The summed E-state index contributed by atoms with van der Waals surface area (Å²) in [7, 11) is 0. The van der Waals surface area contributed by atoms with Crippen LogP contribution in [0.25, 0.3) is 22.4 Å². The fourth-order valence-corrected chi connectivity index (χ4v) is 2.82. The summed E-state index contributed by atoms with van der Waals surface area (Å²) in [5.41, 5.74) is 2.34. The summed E-state index contributed by atoms with van der Waals surface area (Å²) in [6.07, 6.45) is 5.81. The van der Waals surface area contributed by atoms with E-state index in [2.05, 4.69) is 15.0 Å². The molecule has 0 N–H and O–H groups in total. The predicted octanol–water partition coefficient (Wildman–Crippen LogP) is 3.67. The Balaban J connectivity index is 2.06. The van der Waals surface area contributed by atoms with Crippen LogP contribution in [0.3, 0.4) is 0 Å². The molecule has 6 heteroatoms. The van der Waals surface area contributed by atoms with Crippen LogP contribution in [0.4, 0.5) is 8.78 Å². The first-order chi connectivity index (χ1) is 10.7. The van der Waals surface area contributed by atoms with E-state index in [0.29, 0.717) is 11.3 Å². The van der Waals surface area contributed by atoms with E-state index in [4.69, 9.17) is 0 Å². The van der Waals surface area contributed by atoms with Crippen molar-refractivity contribution in [1.29, 1.82) is 0 Å². The molecule has 0 spiro atoms. The van der Waals surface area contributed by atoms with Crippen LogP contribution in [0, 0.1) is 11.6 Å². The number of aromatic nitrogens is 4. The molecule has 0 unspecified atom stereocenters. The zero-order valence-electron chi connectivity index (χ0n) is 12.1. The Morgan fingerprint density at radius 1 is 1.27 bits per heavy atom. The lowest BCUT2D eigenvalue weighted by atomic mass is 10.2. The Morgan fingerprint density at radius 3 is 2.82 bits per heavy atom. The average Bonchev–Trinajstić information content (AvgIpc) is 3.31. The van der Waals surface area contributed by atoms with Crippen molar-refractivity contribution in [1.82, 2.24) is 19.5 Å². The van der Waals surface area contributed by atoms with E-state index in [1.165, 1.54) is 12.4 Å². The van der Waals surface area contributed by atoms with Gasteiger partial charge < -0.3 is 4.57 Å². The largest absolute Gasteiger partial charge is 0.318 e. The number of nitrogens with zero attached hydrogens (tertiary/aromatic N) is 4. The molecule has 1 aliphatic rings. The maximum absolute atomic E-state index is 14.3. The van der Waals surface area contributed by atoms with E-state index in [9.17, 15) is 8.78 Å². The summed E-state index contributed by atoms with van der Waals surface area (Å²) < 4.78 is 29.7. The van der Waals surface area contributed by atoms with Crippen molar-refractivity contribution in [2.45, 2.75) is 32.2 Å². The molecular weight excluding hydrogens is 286 g/mol. The minimum absolute atomic E-state index is 0.168. The maximum atomic E-state index is 14.3. The zero-order valence-corrected chi connectivity index (χ0v) is 12.1. The summed E-state index contributed by atoms with van der Waals surface area (Å²) in [4.78, 5) is 12.9. The van der Waals surface area contributed by atoms with Gasteiger partial charge in [0.15, 0.2) is 11.6 Å². The summed E-state index contributed by atoms with van der Waals surface area (Å²) in [5, 5.41) is 0. The van der Waals surface area contributed by atoms with Gasteiger partial charge in [-0.2, -0.15) is 0 Å². The number of rotatable bonds is 3. The normalized spacial score (nSPS) is 14.7. The van der Waals surface area contributed by atoms with Gasteiger partial charge in [0.05, 0.1) is 16.8 Å². The van der Waals surface area contributed by atoms with Gasteiger partial charge >= 0.3 is 0 Å². The number of hydrogen-bond donors (Lipinski definition) is 0. The Kier molecular flexibility index (Phi) is 2.92. The molecule has 4 nitrogen and oxygen atoms in total. The number of hydrogen-bond acceptors (Lipinski definition) is 3. The molecule has 2 aromatic heterocycles. The van der Waals surface area contributed by atoms with Gasteiger partial charge in [-0.15, -0.1) is 0 Å². The fourth-order valence-electron chi connectivity index (χ4n) is 2.82. The van der Waals surface area contributed by atoms with Crippen molar-refractivity contribution in [2.24, 2.45) is 0 Å². The first-order valence-electron chi connectivity index (χ1n) is 7.36. The van der Waals surface area contributed by atoms with E-state index in [-0.39, 0.29) is 11.6 Å². The zero-order chi connectivity index (χ0) is 15.3. The van der Waals surface area contributed by atoms with Crippen LogP contribution in [0.1, 0.15) is 31.5 Å². The molecular formula is C16H14F2N4. The second-order valence-electron chi connectivity index (χ2n) is 5.50. The third-order valence-electron chi connectivity index (χ3n) is 4.03. The van der Waals surface area contributed by atoms with E-state index in [0.717, 1.165) is 36.6 Å². The average molecular weight is 300 g/mol. The summed E-state index contributed by atoms with van der Waals surface area (Å²) in [6.45, 7) is 2.00. The van der Waals surface area contributed by atoms with Crippen molar-refractivity contribution in [3.05, 3.63) is 42.0 Å². The molecule has 1 aromatic carbocycles. The van der Waals surface area contributed by atoms with E-state index >= 15 is 0 Å². The number of halogens is 2. The second kappa shape index (κ2) is 4.83. The Bertz CT molecular complexity index is 868. The van der Waals surface area contributed by atoms with Crippen LogP contribution in [0.2, 0.25) is 0 Å². The highest BCUT2D eigenvalue weighted by atomic mass is 19.2. The van der Waals surface area contributed by atoms with Gasteiger partial charge in [0.25, 0.3) is 0 Å². The van der Waals surface area contributed by atoms with Gasteiger partial charge in [-0.3, -0.25) is 0 Å². The van der Waals surface area contributed by atoms with Crippen LogP contribution in [-0.2, 0) is 6.42 Å². The van der Waals surface area contributed by atoms with Crippen LogP contribution < -0.4 is 0 Å². The molecule has 0 radical (unpaired) electrons. The summed E-state index contributed by atoms with van der Waals surface area (Å²) in [6, 6.07) is 2.81. The van der Waals surface area contributed by atoms with Crippen LogP contribution in [-0.4, -0.2) is 19.5 Å². The molecule has 2 heterocycles. The molecule has 1 saturated carbocycles. The Labute approximate surface area is 125 Å². The van der Waals surface area contributed by atoms with Gasteiger partial charge in [0, 0.05) is 12.2 Å². The van der Waals surface area contributed by atoms with Gasteiger partial charge in [-0.25, -0.2) is 23.7 Å². The quantitative estimate of drug-likeness (QED) is 0.741. The van der Waals surface area contributed by atoms with Crippen molar-refractivity contribution in [2.75, 3.05) is 0 Å². The van der Waals surface area contributed by atoms with Gasteiger partial charge in [-0.1, -0.05) is 6.92 Å². The predicted molar refractivity (Wildman–Crippen MR) is 78.3 cm³/mol. The Morgan fingerprint density at radius 2 is 2.09 bits per heavy atom. The molecule has 0 saturated heterocycles. The SMILES string of the molecule is CCc1ncncc1-c1nc2ccc(F)c(F)c2n1C1CC1. The third-order valence-corrected chi connectivity index (χ3v) is 4.03. The lowest BCUT2D eigenvalue weighted by Crippen LogP contribution is -2.03. The van der Waals surface area contributed by atoms with Gasteiger partial charge in [0.2, 0.25) is 0 Å². The highest BCUT2D eigenvalue weighted by Crippen LogP contribution is 2.42. The summed E-state index contributed by atoms with van der Waals surface area (Å²) in [5.74, 6) is -1.06. The Hall–Kier alpha value is -2.37. The molecule has 1 fully saturated rings. The first kappa shape index (κ1) is 13.3. The minimum atomic E-state index is -0.846. The van der Waals surface area contributed by atoms with Crippen LogP contribution in [0.5, 0.6) is 0 Å². The monoisotopic (exact) mass is 300 g/mol. The minimum Gasteiger partial charge on any atom is -0.318 e. The molecule has 0 aliphatic heterocycles.